The monoisotopic (exact) mass is 269 g/mol. The lowest BCUT2D eigenvalue weighted by atomic mass is 10.2. The number of ether oxygens (including phenoxy) is 1. The zero-order valence-electron chi connectivity index (χ0n) is 11.3. The summed E-state index contributed by atoms with van der Waals surface area (Å²) in [6.45, 7) is 3.86. The number of nitrogens with one attached hydrogen (secondary N) is 2. The number of hydrogen-bond donors (Lipinski definition) is 2. The Morgan fingerprint density at radius 1 is 1.47 bits per heavy atom. The molecule has 0 saturated carbocycles. The molecule has 0 aromatic carbocycles. The summed E-state index contributed by atoms with van der Waals surface area (Å²) in [6, 6.07) is 1.17. The van der Waals surface area contributed by atoms with E-state index in [1.807, 2.05) is 6.92 Å². The van der Waals surface area contributed by atoms with Gasteiger partial charge in [0.2, 0.25) is 0 Å². The van der Waals surface area contributed by atoms with Crippen molar-refractivity contribution in [2.24, 2.45) is 0 Å². The highest BCUT2D eigenvalue weighted by atomic mass is 19.1. The molecule has 0 unspecified atom stereocenters. The first kappa shape index (κ1) is 15.4. The highest BCUT2D eigenvalue weighted by Crippen LogP contribution is 2.12. The van der Waals surface area contributed by atoms with Crippen LogP contribution in [0, 0.1) is 5.82 Å². The lowest BCUT2D eigenvalue weighted by Crippen LogP contribution is -2.26. The van der Waals surface area contributed by atoms with E-state index in [4.69, 9.17) is 4.74 Å². The second-order valence-electron chi connectivity index (χ2n) is 4.02. The summed E-state index contributed by atoms with van der Waals surface area (Å²) in [5.41, 5.74) is 0.206. The third-order valence-electron chi connectivity index (χ3n) is 2.44. The molecule has 0 atom stereocenters. The van der Waals surface area contributed by atoms with Gasteiger partial charge in [-0.25, -0.2) is 9.37 Å². The summed E-state index contributed by atoms with van der Waals surface area (Å²) in [4.78, 5) is 15.7. The van der Waals surface area contributed by atoms with Crippen molar-refractivity contribution in [3.63, 3.8) is 0 Å². The van der Waals surface area contributed by atoms with Crippen molar-refractivity contribution in [1.82, 2.24) is 10.3 Å². The number of hydrogen-bond acceptors (Lipinski definition) is 4. The second-order valence-corrected chi connectivity index (χ2v) is 4.02. The Bertz CT molecular complexity index is 413. The number of anilines is 1. The van der Waals surface area contributed by atoms with E-state index in [2.05, 4.69) is 15.6 Å². The lowest BCUT2D eigenvalue weighted by Gasteiger charge is -2.09. The fourth-order valence-corrected chi connectivity index (χ4v) is 1.53. The minimum atomic E-state index is -0.532. The van der Waals surface area contributed by atoms with Crippen LogP contribution < -0.4 is 10.6 Å². The van der Waals surface area contributed by atoms with Crippen LogP contribution in [-0.4, -0.2) is 37.7 Å². The molecule has 0 aliphatic heterocycles. The van der Waals surface area contributed by atoms with Crippen LogP contribution in [0.15, 0.2) is 12.3 Å². The molecular weight excluding hydrogens is 249 g/mol. The van der Waals surface area contributed by atoms with Gasteiger partial charge < -0.3 is 15.4 Å². The molecule has 1 rings (SSSR count). The molecule has 0 radical (unpaired) electrons. The van der Waals surface area contributed by atoms with Gasteiger partial charge >= 0.3 is 0 Å². The first-order valence-corrected chi connectivity index (χ1v) is 6.38. The molecule has 1 amide bonds. The van der Waals surface area contributed by atoms with Gasteiger partial charge in [-0.05, 0) is 18.9 Å². The molecular formula is C13H20FN3O2. The number of rotatable bonds is 8. The van der Waals surface area contributed by atoms with Gasteiger partial charge in [0.25, 0.3) is 5.91 Å². The minimum absolute atomic E-state index is 0.206. The van der Waals surface area contributed by atoms with Gasteiger partial charge in [0.1, 0.15) is 11.6 Å². The molecule has 0 aliphatic rings. The first-order chi connectivity index (χ1) is 9.19. The molecule has 19 heavy (non-hydrogen) atoms. The van der Waals surface area contributed by atoms with Gasteiger partial charge in [-0.15, -0.1) is 0 Å². The molecule has 0 saturated heterocycles. The Hall–Kier alpha value is -1.69. The zero-order valence-corrected chi connectivity index (χ0v) is 11.3. The van der Waals surface area contributed by atoms with Crippen molar-refractivity contribution in [2.45, 2.75) is 19.8 Å². The summed E-state index contributed by atoms with van der Waals surface area (Å²) >= 11 is 0. The Morgan fingerprint density at radius 2 is 2.26 bits per heavy atom. The van der Waals surface area contributed by atoms with Crippen LogP contribution in [-0.2, 0) is 4.74 Å². The van der Waals surface area contributed by atoms with Gasteiger partial charge in [0, 0.05) is 26.8 Å². The van der Waals surface area contributed by atoms with Gasteiger partial charge in [-0.3, -0.25) is 4.79 Å². The molecule has 106 valence electrons. The van der Waals surface area contributed by atoms with E-state index in [1.54, 1.807) is 7.05 Å². The summed E-state index contributed by atoms with van der Waals surface area (Å²) < 4.78 is 18.4. The van der Waals surface area contributed by atoms with Crippen LogP contribution in [0.5, 0.6) is 0 Å². The van der Waals surface area contributed by atoms with Crippen molar-refractivity contribution in [2.75, 3.05) is 32.1 Å². The third kappa shape index (κ3) is 5.21. The SMILES string of the molecule is CCCOCCCNC(=O)c1cc(F)cnc1NC. The van der Waals surface area contributed by atoms with Crippen LogP contribution >= 0.6 is 0 Å². The molecule has 1 aromatic heterocycles. The molecule has 6 heteroatoms. The summed E-state index contributed by atoms with van der Waals surface area (Å²) in [7, 11) is 1.63. The Morgan fingerprint density at radius 3 is 2.95 bits per heavy atom. The maximum Gasteiger partial charge on any atom is 0.255 e. The van der Waals surface area contributed by atoms with Crippen LogP contribution in [0.4, 0.5) is 10.2 Å². The number of carbonyl (C=O) groups is 1. The van der Waals surface area contributed by atoms with Gasteiger partial charge in [0.05, 0.1) is 11.8 Å². The molecule has 0 aliphatic carbocycles. The average molecular weight is 269 g/mol. The fourth-order valence-electron chi connectivity index (χ4n) is 1.53. The minimum Gasteiger partial charge on any atom is -0.381 e. The van der Waals surface area contributed by atoms with E-state index in [1.165, 1.54) is 6.07 Å². The third-order valence-corrected chi connectivity index (χ3v) is 2.44. The number of nitrogens with zero attached hydrogens (tertiary/aromatic N) is 1. The Labute approximate surface area is 112 Å². The standard InChI is InChI=1S/C13H20FN3O2/c1-3-6-19-7-4-5-16-13(18)11-8-10(14)9-17-12(11)15-2/h8-9H,3-7H2,1-2H3,(H,15,17)(H,16,18). The van der Waals surface area contributed by atoms with Gasteiger partial charge in [-0.1, -0.05) is 6.92 Å². The second kappa shape index (κ2) is 8.42. The number of aromatic nitrogens is 1. The molecule has 1 heterocycles. The molecule has 5 nitrogen and oxygen atoms in total. The molecule has 0 bridgehead atoms. The summed E-state index contributed by atoms with van der Waals surface area (Å²) in [6.07, 6.45) is 2.78. The van der Waals surface area contributed by atoms with E-state index < -0.39 is 5.82 Å². The summed E-state index contributed by atoms with van der Waals surface area (Å²) in [5.74, 6) is -0.511. The molecule has 2 N–H and O–H groups in total. The molecule has 0 fully saturated rings. The highest BCUT2D eigenvalue weighted by molar-refractivity contribution is 5.98. The lowest BCUT2D eigenvalue weighted by molar-refractivity contribution is 0.0941. The van der Waals surface area contributed by atoms with E-state index in [-0.39, 0.29) is 11.5 Å². The van der Waals surface area contributed by atoms with E-state index >= 15 is 0 Å². The van der Waals surface area contributed by atoms with Crippen molar-refractivity contribution < 1.29 is 13.9 Å². The normalized spacial score (nSPS) is 10.3. The van der Waals surface area contributed by atoms with Gasteiger partial charge in [-0.2, -0.15) is 0 Å². The Kier molecular flexibility index (Phi) is 6.81. The predicted molar refractivity (Wildman–Crippen MR) is 71.8 cm³/mol. The maximum atomic E-state index is 13.1. The van der Waals surface area contributed by atoms with Crippen LogP contribution in [0.1, 0.15) is 30.1 Å². The smallest absolute Gasteiger partial charge is 0.255 e. The van der Waals surface area contributed by atoms with Crippen LogP contribution in [0.2, 0.25) is 0 Å². The van der Waals surface area contributed by atoms with Crippen molar-refractivity contribution in [1.29, 1.82) is 0 Å². The quantitative estimate of drug-likeness (QED) is 0.706. The fraction of sp³-hybridized carbons (Fsp3) is 0.538. The Balaban J connectivity index is 2.43. The number of halogens is 1. The number of amides is 1. The molecule has 0 spiro atoms. The van der Waals surface area contributed by atoms with Crippen molar-refractivity contribution in [3.8, 4) is 0 Å². The van der Waals surface area contributed by atoms with Crippen LogP contribution in [0.3, 0.4) is 0 Å². The first-order valence-electron chi connectivity index (χ1n) is 6.38. The number of pyridine rings is 1. The zero-order chi connectivity index (χ0) is 14.1. The van der Waals surface area contributed by atoms with Crippen molar-refractivity contribution >= 4 is 11.7 Å². The average Bonchev–Trinajstić information content (AvgIpc) is 2.42. The topological polar surface area (TPSA) is 63.2 Å². The summed E-state index contributed by atoms with van der Waals surface area (Å²) in [5, 5.41) is 5.47. The number of carbonyl (C=O) groups excluding carboxylic acids is 1. The van der Waals surface area contributed by atoms with E-state index in [0.29, 0.717) is 19.0 Å². The largest absolute Gasteiger partial charge is 0.381 e. The van der Waals surface area contributed by atoms with Gasteiger partial charge in [0.15, 0.2) is 0 Å². The van der Waals surface area contributed by atoms with Crippen LogP contribution in [0.25, 0.3) is 0 Å². The van der Waals surface area contributed by atoms with E-state index in [0.717, 1.165) is 25.6 Å². The predicted octanol–water partition coefficient (Wildman–Crippen LogP) is 1.81. The highest BCUT2D eigenvalue weighted by Gasteiger charge is 2.12. The molecule has 1 aromatic rings. The van der Waals surface area contributed by atoms with Crippen molar-refractivity contribution in [3.05, 3.63) is 23.6 Å². The van der Waals surface area contributed by atoms with E-state index in [9.17, 15) is 9.18 Å². The maximum absolute atomic E-state index is 13.1.